The molecule has 3 aromatic heterocycles. The van der Waals surface area contributed by atoms with Crippen LogP contribution in [0.4, 0.5) is 0 Å². The van der Waals surface area contributed by atoms with Gasteiger partial charge in [-0.3, -0.25) is 9.78 Å². The Morgan fingerprint density at radius 2 is 2.27 bits per heavy atom. The molecule has 0 aliphatic rings. The van der Waals surface area contributed by atoms with Crippen LogP contribution in [0.1, 0.15) is 10.5 Å². The highest BCUT2D eigenvalue weighted by atomic mass is 16.1. The lowest BCUT2D eigenvalue weighted by atomic mass is 10.2. The van der Waals surface area contributed by atoms with Gasteiger partial charge >= 0.3 is 0 Å². The van der Waals surface area contributed by atoms with Gasteiger partial charge in [0.2, 0.25) is 0 Å². The zero-order valence-corrected chi connectivity index (χ0v) is 7.79. The first-order valence-corrected chi connectivity index (χ1v) is 4.56. The maximum Gasteiger partial charge on any atom is 0.170 e. The number of aldehydes is 1. The Hall–Kier alpha value is -2.23. The molecule has 0 atom stereocenters. The van der Waals surface area contributed by atoms with Crippen LogP contribution in [0.2, 0.25) is 0 Å². The molecule has 0 aromatic carbocycles. The van der Waals surface area contributed by atoms with Gasteiger partial charge < -0.3 is 4.40 Å². The molecule has 0 N–H and O–H groups in total. The van der Waals surface area contributed by atoms with E-state index in [0.717, 1.165) is 22.8 Å². The Labute approximate surface area is 85.2 Å². The van der Waals surface area contributed by atoms with Crippen LogP contribution in [0, 0.1) is 0 Å². The zero-order chi connectivity index (χ0) is 10.3. The van der Waals surface area contributed by atoms with Crippen LogP contribution < -0.4 is 0 Å². The lowest BCUT2D eigenvalue weighted by Gasteiger charge is -1.97. The quantitative estimate of drug-likeness (QED) is 0.558. The number of nitrogens with zero attached hydrogens (tertiary/aromatic N) is 3. The van der Waals surface area contributed by atoms with Crippen molar-refractivity contribution in [2.75, 3.05) is 0 Å². The predicted octanol–water partition coefficient (Wildman–Crippen LogP) is 1.69. The smallest absolute Gasteiger partial charge is 0.170 e. The van der Waals surface area contributed by atoms with Crippen molar-refractivity contribution in [1.29, 1.82) is 0 Å². The van der Waals surface area contributed by atoms with Crippen molar-refractivity contribution >= 4 is 22.8 Å². The SMILES string of the molecule is O=Cc1cn2ccc3ncccc3c2n1. The highest BCUT2D eigenvalue weighted by Gasteiger charge is 2.04. The molecule has 3 aromatic rings. The summed E-state index contributed by atoms with van der Waals surface area (Å²) in [5.74, 6) is 0. The van der Waals surface area contributed by atoms with E-state index >= 15 is 0 Å². The number of hydrogen-bond acceptors (Lipinski definition) is 3. The predicted molar refractivity (Wildman–Crippen MR) is 55.9 cm³/mol. The second-order valence-corrected chi connectivity index (χ2v) is 3.27. The summed E-state index contributed by atoms with van der Waals surface area (Å²) in [6, 6.07) is 5.70. The first-order valence-electron chi connectivity index (χ1n) is 4.56. The number of fused-ring (bicyclic) bond motifs is 3. The molecule has 0 saturated carbocycles. The number of rotatable bonds is 1. The van der Waals surface area contributed by atoms with Crippen molar-refractivity contribution in [1.82, 2.24) is 14.4 Å². The molecular formula is C11H7N3O. The molecule has 0 amide bonds. The van der Waals surface area contributed by atoms with Gasteiger partial charge in [0.05, 0.1) is 5.52 Å². The topological polar surface area (TPSA) is 47.3 Å². The number of aromatic nitrogens is 3. The molecule has 0 fully saturated rings. The third-order valence-corrected chi connectivity index (χ3v) is 2.34. The summed E-state index contributed by atoms with van der Waals surface area (Å²) in [7, 11) is 0. The van der Waals surface area contributed by atoms with Gasteiger partial charge in [0.1, 0.15) is 11.3 Å². The first-order chi connectivity index (χ1) is 7.38. The lowest BCUT2D eigenvalue weighted by molar-refractivity contribution is 0.111. The first kappa shape index (κ1) is 8.11. The zero-order valence-electron chi connectivity index (χ0n) is 7.79. The summed E-state index contributed by atoms with van der Waals surface area (Å²) in [6.45, 7) is 0. The summed E-state index contributed by atoms with van der Waals surface area (Å²) in [5.41, 5.74) is 2.09. The highest BCUT2D eigenvalue weighted by Crippen LogP contribution is 2.16. The Morgan fingerprint density at radius 1 is 1.33 bits per heavy atom. The summed E-state index contributed by atoms with van der Waals surface area (Å²) >= 11 is 0. The summed E-state index contributed by atoms with van der Waals surface area (Å²) in [5, 5.41) is 0.952. The van der Waals surface area contributed by atoms with Gasteiger partial charge in [-0.1, -0.05) is 0 Å². The Bertz CT molecular complexity index is 657. The fourth-order valence-corrected chi connectivity index (χ4v) is 1.67. The Balaban J connectivity index is 2.52. The second-order valence-electron chi connectivity index (χ2n) is 3.27. The van der Waals surface area contributed by atoms with Gasteiger partial charge in [-0.15, -0.1) is 0 Å². The van der Waals surface area contributed by atoms with Crippen LogP contribution in [0.15, 0.2) is 36.8 Å². The van der Waals surface area contributed by atoms with Crippen LogP contribution in [0.3, 0.4) is 0 Å². The van der Waals surface area contributed by atoms with E-state index in [-0.39, 0.29) is 0 Å². The van der Waals surface area contributed by atoms with E-state index in [1.807, 2.05) is 28.8 Å². The van der Waals surface area contributed by atoms with E-state index in [1.54, 1.807) is 12.4 Å². The molecule has 3 heterocycles. The van der Waals surface area contributed by atoms with Crippen LogP contribution in [0.25, 0.3) is 16.6 Å². The summed E-state index contributed by atoms with van der Waals surface area (Å²) < 4.78 is 1.83. The fraction of sp³-hybridized carbons (Fsp3) is 0. The van der Waals surface area contributed by atoms with Crippen LogP contribution in [-0.4, -0.2) is 20.7 Å². The lowest BCUT2D eigenvalue weighted by Crippen LogP contribution is -1.85. The fourth-order valence-electron chi connectivity index (χ4n) is 1.67. The Kier molecular flexibility index (Phi) is 1.56. The van der Waals surface area contributed by atoms with Gasteiger partial charge in [0.25, 0.3) is 0 Å². The molecule has 15 heavy (non-hydrogen) atoms. The molecule has 0 unspecified atom stereocenters. The van der Waals surface area contributed by atoms with E-state index in [1.165, 1.54) is 0 Å². The number of imidazole rings is 1. The third-order valence-electron chi connectivity index (χ3n) is 2.34. The molecule has 4 heteroatoms. The van der Waals surface area contributed by atoms with Crippen molar-refractivity contribution in [2.45, 2.75) is 0 Å². The third kappa shape index (κ3) is 1.11. The van der Waals surface area contributed by atoms with Gasteiger partial charge in [-0.2, -0.15) is 0 Å². The van der Waals surface area contributed by atoms with E-state index in [0.29, 0.717) is 5.69 Å². The van der Waals surface area contributed by atoms with Gasteiger partial charge in [0, 0.05) is 24.0 Å². The number of carbonyl (C=O) groups excluding carboxylic acids is 1. The number of carbonyl (C=O) groups is 1. The van der Waals surface area contributed by atoms with Crippen molar-refractivity contribution in [2.24, 2.45) is 0 Å². The maximum atomic E-state index is 10.6. The van der Waals surface area contributed by atoms with E-state index in [4.69, 9.17) is 0 Å². The van der Waals surface area contributed by atoms with Gasteiger partial charge in [-0.05, 0) is 18.2 Å². The standard InChI is InChI=1S/C11H7N3O/c15-7-8-6-14-5-3-10-9(11(14)13-8)2-1-4-12-10/h1-7H. The monoisotopic (exact) mass is 197 g/mol. The molecule has 0 spiro atoms. The van der Waals surface area contributed by atoms with Crippen LogP contribution >= 0.6 is 0 Å². The molecule has 3 rings (SSSR count). The second kappa shape index (κ2) is 2.88. The molecule has 0 aliphatic heterocycles. The minimum atomic E-state index is 0.436. The van der Waals surface area contributed by atoms with Crippen molar-refractivity contribution < 1.29 is 4.79 Å². The number of pyridine rings is 2. The summed E-state index contributed by atoms with van der Waals surface area (Å²) in [6.07, 6.45) is 6.04. The van der Waals surface area contributed by atoms with E-state index < -0.39 is 0 Å². The normalized spacial score (nSPS) is 10.9. The average molecular weight is 197 g/mol. The maximum absolute atomic E-state index is 10.6. The Morgan fingerprint density at radius 3 is 3.13 bits per heavy atom. The minimum Gasteiger partial charge on any atom is -0.306 e. The van der Waals surface area contributed by atoms with Crippen molar-refractivity contribution in [3.05, 3.63) is 42.5 Å². The van der Waals surface area contributed by atoms with E-state index in [9.17, 15) is 4.79 Å². The number of hydrogen-bond donors (Lipinski definition) is 0. The molecule has 0 saturated heterocycles. The molecule has 0 radical (unpaired) electrons. The highest BCUT2D eigenvalue weighted by molar-refractivity contribution is 5.92. The average Bonchev–Trinajstić information content (AvgIpc) is 2.72. The molecule has 0 bridgehead atoms. The summed E-state index contributed by atoms with van der Waals surface area (Å²) in [4.78, 5) is 19.1. The molecule has 0 aliphatic carbocycles. The van der Waals surface area contributed by atoms with Crippen LogP contribution in [-0.2, 0) is 0 Å². The van der Waals surface area contributed by atoms with Crippen molar-refractivity contribution in [3.8, 4) is 0 Å². The van der Waals surface area contributed by atoms with E-state index in [2.05, 4.69) is 9.97 Å². The molecular weight excluding hydrogens is 190 g/mol. The van der Waals surface area contributed by atoms with Gasteiger partial charge in [0.15, 0.2) is 6.29 Å². The molecule has 72 valence electrons. The van der Waals surface area contributed by atoms with Gasteiger partial charge in [-0.25, -0.2) is 4.98 Å². The largest absolute Gasteiger partial charge is 0.306 e. The van der Waals surface area contributed by atoms with Crippen LogP contribution in [0.5, 0.6) is 0 Å². The minimum absolute atomic E-state index is 0.436. The molecule has 4 nitrogen and oxygen atoms in total. The van der Waals surface area contributed by atoms with Crippen molar-refractivity contribution in [3.63, 3.8) is 0 Å².